The van der Waals surface area contributed by atoms with Crippen molar-refractivity contribution in [3.05, 3.63) is 12.2 Å². The van der Waals surface area contributed by atoms with E-state index < -0.39 is 26.5 Å². The highest BCUT2D eigenvalue weighted by molar-refractivity contribution is 7.47. The van der Waals surface area contributed by atoms with Crippen LogP contribution in [0.25, 0.3) is 0 Å². The molecule has 10 heteroatoms. The lowest BCUT2D eigenvalue weighted by atomic mass is 10.0. The highest BCUT2D eigenvalue weighted by Gasteiger charge is 2.26. The Morgan fingerprint density at radius 1 is 0.492 bits per heavy atom. The lowest BCUT2D eigenvalue weighted by Gasteiger charge is -2.19. The van der Waals surface area contributed by atoms with Crippen LogP contribution >= 0.6 is 7.82 Å². The first-order valence-corrected chi connectivity index (χ1v) is 26.7. The maximum Gasteiger partial charge on any atom is 0.472 e. The van der Waals surface area contributed by atoms with Crippen LogP contribution in [0, 0.1) is 0 Å². The van der Waals surface area contributed by atoms with Crippen LogP contribution in [0.1, 0.15) is 258 Å². The number of phosphoric acid groups is 1. The first-order valence-electron chi connectivity index (χ1n) is 25.2. The van der Waals surface area contributed by atoms with Crippen LogP contribution in [0.15, 0.2) is 12.2 Å². The Morgan fingerprint density at radius 2 is 0.831 bits per heavy atom. The zero-order chi connectivity index (χ0) is 43.2. The maximum absolute atomic E-state index is 12.6. The minimum atomic E-state index is -4.38. The molecule has 0 saturated carbocycles. The van der Waals surface area contributed by atoms with Gasteiger partial charge in [0.05, 0.1) is 13.2 Å². The molecule has 0 aliphatic carbocycles. The molecule has 2 atom stereocenters. The van der Waals surface area contributed by atoms with E-state index in [9.17, 15) is 19.0 Å². The van der Waals surface area contributed by atoms with Crippen LogP contribution in [-0.2, 0) is 32.7 Å². The van der Waals surface area contributed by atoms with E-state index in [-0.39, 0.29) is 38.6 Å². The first-order chi connectivity index (χ1) is 28.8. The van der Waals surface area contributed by atoms with Crippen molar-refractivity contribution in [2.45, 2.75) is 264 Å². The molecule has 0 heterocycles. The molecule has 0 amide bonds. The minimum Gasteiger partial charge on any atom is -0.462 e. The van der Waals surface area contributed by atoms with Gasteiger partial charge in [0.2, 0.25) is 0 Å². The van der Waals surface area contributed by atoms with Crippen LogP contribution in [-0.4, -0.2) is 49.3 Å². The predicted octanol–water partition coefficient (Wildman–Crippen LogP) is 15.0. The van der Waals surface area contributed by atoms with Gasteiger partial charge in [-0.15, -0.1) is 0 Å². The van der Waals surface area contributed by atoms with E-state index in [1.54, 1.807) is 0 Å². The monoisotopic (exact) mass is 858 g/mol. The van der Waals surface area contributed by atoms with Crippen molar-refractivity contribution in [2.75, 3.05) is 26.4 Å². The predicted molar refractivity (Wildman–Crippen MR) is 248 cm³/mol. The molecule has 0 rings (SSSR count). The van der Waals surface area contributed by atoms with Crippen LogP contribution < -0.4 is 5.73 Å². The summed E-state index contributed by atoms with van der Waals surface area (Å²) < 4.78 is 32.9. The summed E-state index contributed by atoms with van der Waals surface area (Å²) in [6.07, 6.45) is 49.6. The number of nitrogens with two attached hydrogens (primary N) is 1. The van der Waals surface area contributed by atoms with E-state index >= 15 is 0 Å². The average Bonchev–Trinajstić information content (AvgIpc) is 3.22. The maximum atomic E-state index is 12.6. The lowest BCUT2D eigenvalue weighted by Crippen LogP contribution is -2.29. The van der Waals surface area contributed by atoms with E-state index in [1.807, 2.05) is 0 Å². The zero-order valence-electron chi connectivity index (χ0n) is 38.8. The third-order valence-corrected chi connectivity index (χ3v) is 12.1. The Hall–Kier alpha value is -1.25. The number of allylic oxidation sites excluding steroid dienone is 2. The van der Waals surface area contributed by atoms with Crippen LogP contribution in [0.5, 0.6) is 0 Å². The van der Waals surface area contributed by atoms with E-state index in [4.69, 9.17) is 24.3 Å². The van der Waals surface area contributed by atoms with Crippen molar-refractivity contribution in [2.24, 2.45) is 5.73 Å². The standard InChI is InChI=1S/C49H96NO8P/c1-3-5-7-9-11-13-15-17-19-21-23-25-27-29-31-33-35-37-39-41-48(51)55-45-47(46-57-59(53,54)56-44-43-50)58-49(52)42-40-38-36-34-32-30-28-26-24-22-20-18-16-14-12-10-8-6-4-2/h21,23,47H,3-20,22,24-46,50H2,1-2H3,(H,53,54)/b23-21-/t47-/m1/s1. The number of rotatable bonds is 48. The molecule has 0 bridgehead atoms. The average molecular weight is 858 g/mol. The van der Waals surface area contributed by atoms with E-state index in [1.165, 1.54) is 193 Å². The molecule has 9 nitrogen and oxygen atoms in total. The largest absolute Gasteiger partial charge is 0.472 e. The third-order valence-electron chi connectivity index (χ3n) is 11.2. The Bertz CT molecular complexity index is 980. The number of carbonyl (C=O) groups is 2. The van der Waals surface area contributed by atoms with Crippen molar-refractivity contribution in [1.82, 2.24) is 0 Å². The molecular formula is C49H96NO8P. The fraction of sp³-hybridized carbons (Fsp3) is 0.918. The van der Waals surface area contributed by atoms with Crippen molar-refractivity contribution in [3.63, 3.8) is 0 Å². The van der Waals surface area contributed by atoms with Crippen LogP contribution in [0.3, 0.4) is 0 Å². The molecule has 0 radical (unpaired) electrons. The molecular weight excluding hydrogens is 762 g/mol. The van der Waals surface area contributed by atoms with Crippen molar-refractivity contribution in [3.8, 4) is 0 Å². The molecule has 0 aromatic carbocycles. The van der Waals surface area contributed by atoms with Crippen molar-refractivity contribution in [1.29, 1.82) is 0 Å². The summed E-state index contributed by atoms with van der Waals surface area (Å²) in [6, 6.07) is 0. The molecule has 0 aliphatic rings. The number of carbonyl (C=O) groups excluding carboxylic acids is 2. The molecule has 0 fully saturated rings. The van der Waals surface area contributed by atoms with Gasteiger partial charge >= 0.3 is 19.8 Å². The van der Waals surface area contributed by atoms with Crippen molar-refractivity contribution >= 4 is 19.8 Å². The highest BCUT2D eigenvalue weighted by Crippen LogP contribution is 2.43. The molecule has 1 unspecified atom stereocenters. The molecule has 0 aromatic heterocycles. The lowest BCUT2D eigenvalue weighted by molar-refractivity contribution is -0.161. The Balaban J connectivity index is 4.03. The Morgan fingerprint density at radius 3 is 1.20 bits per heavy atom. The summed E-state index contributed by atoms with van der Waals surface area (Å²) in [5, 5.41) is 0. The summed E-state index contributed by atoms with van der Waals surface area (Å²) in [6.45, 7) is 3.78. The second-order valence-electron chi connectivity index (χ2n) is 17.0. The topological polar surface area (TPSA) is 134 Å². The zero-order valence-corrected chi connectivity index (χ0v) is 39.7. The van der Waals surface area contributed by atoms with Gasteiger partial charge in [0, 0.05) is 19.4 Å². The van der Waals surface area contributed by atoms with Gasteiger partial charge in [-0.3, -0.25) is 18.6 Å². The summed E-state index contributed by atoms with van der Waals surface area (Å²) in [5.74, 6) is -0.817. The fourth-order valence-electron chi connectivity index (χ4n) is 7.40. The molecule has 0 saturated heterocycles. The minimum absolute atomic E-state index is 0.0560. The number of unbranched alkanes of at least 4 members (excludes halogenated alkanes) is 33. The van der Waals surface area contributed by atoms with Gasteiger partial charge in [-0.25, -0.2) is 4.57 Å². The van der Waals surface area contributed by atoms with E-state index in [2.05, 4.69) is 26.0 Å². The molecule has 3 N–H and O–H groups in total. The van der Waals surface area contributed by atoms with Gasteiger partial charge in [-0.2, -0.15) is 0 Å². The number of hydrogen-bond donors (Lipinski definition) is 2. The van der Waals surface area contributed by atoms with Gasteiger partial charge in [0.15, 0.2) is 6.10 Å². The third kappa shape index (κ3) is 46.1. The van der Waals surface area contributed by atoms with Gasteiger partial charge in [-0.1, -0.05) is 219 Å². The highest BCUT2D eigenvalue weighted by atomic mass is 31.2. The summed E-state index contributed by atoms with van der Waals surface area (Å²) in [5.41, 5.74) is 5.36. The normalized spacial score (nSPS) is 13.2. The summed E-state index contributed by atoms with van der Waals surface area (Å²) in [7, 11) is -4.38. The summed E-state index contributed by atoms with van der Waals surface area (Å²) in [4.78, 5) is 35.0. The van der Waals surface area contributed by atoms with Crippen LogP contribution in [0.4, 0.5) is 0 Å². The molecule has 0 spiro atoms. The van der Waals surface area contributed by atoms with Crippen LogP contribution in [0.2, 0.25) is 0 Å². The second-order valence-corrected chi connectivity index (χ2v) is 18.5. The first kappa shape index (κ1) is 57.8. The quantitative estimate of drug-likeness (QED) is 0.0265. The van der Waals surface area contributed by atoms with E-state index in [0.717, 1.165) is 32.1 Å². The van der Waals surface area contributed by atoms with Gasteiger partial charge < -0.3 is 20.1 Å². The van der Waals surface area contributed by atoms with Crippen molar-refractivity contribution < 1.29 is 37.6 Å². The van der Waals surface area contributed by atoms with E-state index in [0.29, 0.717) is 6.42 Å². The molecule has 350 valence electrons. The number of esters is 2. The Kier molecular flexibility index (Phi) is 45.3. The SMILES string of the molecule is CCCCCCCCCC/C=C\CCCCCCCCCC(=O)OC[C@H](COP(=O)(O)OCCN)OC(=O)CCCCCCCCCCCCCCCCCCCCC. The molecule has 59 heavy (non-hydrogen) atoms. The number of ether oxygens (including phenoxy) is 2. The summed E-state index contributed by atoms with van der Waals surface area (Å²) >= 11 is 0. The van der Waals surface area contributed by atoms with Gasteiger partial charge in [-0.05, 0) is 38.5 Å². The Labute approximate surface area is 364 Å². The van der Waals surface area contributed by atoms with Gasteiger partial charge in [0.1, 0.15) is 6.61 Å². The van der Waals surface area contributed by atoms with Gasteiger partial charge in [0.25, 0.3) is 0 Å². The number of hydrogen-bond acceptors (Lipinski definition) is 8. The fourth-order valence-corrected chi connectivity index (χ4v) is 8.16. The number of phosphoric ester groups is 1. The molecule has 0 aliphatic heterocycles. The second kappa shape index (κ2) is 46.3. The smallest absolute Gasteiger partial charge is 0.462 e. The molecule has 0 aromatic rings.